The minimum atomic E-state index is -0.331. The third-order valence-corrected chi connectivity index (χ3v) is 5.42. The molecular weight excluding hydrogens is 302 g/mol. The number of aromatic nitrogens is 1. The fourth-order valence-corrected chi connectivity index (χ4v) is 4.07. The topological polar surface area (TPSA) is 79.2 Å². The fourth-order valence-electron chi connectivity index (χ4n) is 4.07. The van der Waals surface area contributed by atoms with Crippen molar-refractivity contribution in [3.05, 3.63) is 58.4 Å². The number of nitrogens with one attached hydrogen (secondary N) is 1. The van der Waals surface area contributed by atoms with Crippen molar-refractivity contribution >= 4 is 5.91 Å². The van der Waals surface area contributed by atoms with E-state index in [2.05, 4.69) is 4.98 Å². The van der Waals surface area contributed by atoms with E-state index in [0.29, 0.717) is 18.4 Å². The Morgan fingerprint density at radius 3 is 2.58 bits per heavy atom. The quantitative estimate of drug-likeness (QED) is 0.885. The van der Waals surface area contributed by atoms with Crippen molar-refractivity contribution in [2.45, 2.75) is 18.9 Å². The molecular formula is C19H21N3O2. The van der Waals surface area contributed by atoms with Gasteiger partial charge in [0.2, 0.25) is 0 Å². The summed E-state index contributed by atoms with van der Waals surface area (Å²) in [6.45, 7) is 1.39. The van der Waals surface area contributed by atoms with Crippen LogP contribution in [0.2, 0.25) is 0 Å². The molecule has 4 rings (SSSR count). The molecule has 1 aromatic carbocycles. The minimum absolute atomic E-state index is 0.183. The first kappa shape index (κ1) is 15.1. The summed E-state index contributed by atoms with van der Waals surface area (Å²) in [7, 11) is 0. The predicted molar refractivity (Wildman–Crippen MR) is 92.6 cm³/mol. The van der Waals surface area contributed by atoms with E-state index in [-0.39, 0.29) is 23.1 Å². The molecule has 3 N–H and O–H groups in total. The fraction of sp³-hybridized carbons (Fsp3) is 0.368. The molecule has 0 radical (unpaired) electrons. The predicted octanol–water partition coefficient (Wildman–Crippen LogP) is 1.85. The smallest absolute Gasteiger partial charge is 0.261 e. The molecule has 0 bridgehead atoms. The largest absolute Gasteiger partial charge is 0.338 e. The van der Waals surface area contributed by atoms with Gasteiger partial charge in [-0.1, -0.05) is 30.3 Å². The molecule has 5 heteroatoms. The van der Waals surface area contributed by atoms with Gasteiger partial charge in [-0.2, -0.15) is 0 Å². The summed E-state index contributed by atoms with van der Waals surface area (Å²) in [5.41, 5.74) is 7.66. The number of pyridine rings is 1. The van der Waals surface area contributed by atoms with Gasteiger partial charge in [0.05, 0.1) is 0 Å². The maximum absolute atomic E-state index is 12.7. The number of rotatable bonds is 2. The maximum Gasteiger partial charge on any atom is 0.261 e. The Balaban J connectivity index is 1.57. The average molecular weight is 323 g/mol. The summed E-state index contributed by atoms with van der Waals surface area (Å²) in [6.07, 6.45) is 2.13. The van der Waals surface area contributed by atoms with E-state index in [1.165, 1.54) is 0 Å². The number of aromatic amines is 1. The highest BCUT2D eigenvalue weighted by molar-refractivity contribution is 5.94. The van der Waals surface area contributed by atoms with Crippen molar-refractivity contribution in [3.8, 4) is 11.3 Å². The molecule has 1 aliphatic heterocycles. The summed E-state index contributed by atoms with van der Waals surface area (Å²) in [5.74, 6) is 0.695. The Labute approximate surface area is 140 Å². The van der Waals surface area contributed by atoms with E-state index in [1.54, 1.807) is 17.0 Å². The maximum atomic E-state index is 12.7. The molecule has 1 aliphatic carbocycles. The molecule has 1 aromatic heterocycles. The van der Waals surface area contributed by atoms with Crippen molar-refractivity contribution in [1.82, 2.24) is 9.88 Å². The van der Waals surface area contributed by atoms with E-state index >= 15 is 0 Å². The van der Waals surface area contributed by atoms with E-state index in [1.807, 2.05) is 30.3 Å². The zero-order chi connectivity index (χ0) is 16.7. The zero-order valence-electron chi connectivity index (χ0n) is 13.4. The first-order valence-electron chi connectivity index (χ1n) is 8.47. The first-order valence-corrected chi connectivity index (χ1v) is 8.47. The molecule has 2 fully saturated rings. The van der Waals surface area contributed by atoms with Gasteiger partial charge in [0.25, 0.3) is 11.5 Å². The van der Waals surface area contributed by atoms with E-state index in [9.17, 15) is 9.59 Å². The lowest BCUT2D eigenvalue weighted by molar-refractivity contribution is 0.0778. The number of H-pyrrole nitrogens is 1. The van der Waals surface area contributed by atoms with Crippen LogP contribution in [0.5, 0.6) is 0 Å². The molecule has 0 spiro atoms. The van der Waals surface area contributed by atoms with Gasteiger partial charge >= 0.3 is 0 Å². The Morgan fingerprint density at radius 2 is 1.88 bits per heavy atom. The highest BCUT2D eigenvalue weighted by Gasteiger charge is 2.42. The van der Waals surface area contributed by atoms with Gasteiger partial charge in [-0.15, -0.1) is 0 Å². The summed E-state index contributed by atoms with van der Waals surface area (Å²) < 4.78 is 0. The second-order valence-corrected chi connectivity index (χ2v) is 6.86. The minimum Gasteiger partial charge on any atom is -0.338 e. The van der Waals surface area contributed by atoms with Crippen molar-refractivity contribution < 1.29 is 4.79 Å². The molecule has 2 heterocycles. The summed E-state index contributed by atoms with van der Waals surface area (Å²) in [4.78, 5) is 29.7. The second kappa shape index (κ2) is 5.91. The van der Waals surface area contributed by atoms with Crippen molar-refractivity contribution in [1.29, 1.82) is 0 Å². The average Bonchev–Trinajstić information content (AvgIpc) is 3.17. The molecule has 124 valence electrons. The summed E-state index contributed by atoms with van der Waals surface area (Å²) >= 11 is 0. The van der Waals surface area contributed by atoms with Crippen LogP contribution in [-0.2, 0) is 0 Å². The van der Waals surface area contributed by atoms with Crippen LogP contribution in [0, 0.1) is 11.8 Å². The van der Waals surface area contributed by atoms with Crippen molar-refractivity contribution in [2.24, 2.45) is 17.6 Å². The SMILES string of the molecule is NC1CCC2CN(C(=O)c3ccc(-c4ccccc4)[nH]c3=O)CC12. The third-order valence-electron chi connectivity index (χ3n) is 5.42. The molecule has 1 saturated heterocycles. The number of hydrogen-bond donors (Lipinski definition) is 2. The lowest BCUT2D eigenvalue weighted by Gasteiger charge is -2.18. The lowest BCUT2D eigenvalue weighted by Crippen LogP contribution is -2.36. The van der Waals surface area contributed by atoms with Crippen LogP contribution < -0.4 is 11.3 Å². The van der Waals surface area contributed by atoms with E-state index in [4.69, 9.17) is 5.73 Å². The molecule has 2 aromatic rings. The van der Waals surface area contributed by atoms with Crippen LogP contribution in [0.1, 0.15) is 23.2 Å². The normalized spacial score (nSPS) is 25.7. The molecule has 3 atom stereocenters. The molecule has 5 nitrogen and oxygen atoms in total. The van der Waals surface area contributed by atoms with Gasteiger partial charge < -0.3 is 15.6 Å². The number of hydrogen-bond acceptors (Lipinski definition) is 3. The number of fused-ring (bicyclic) bond motifs is 1. The number of carbonyl (C=O) groups excluding carboxylic acids is 1. The highest BCUT2D eigenvalue weighted by atomic mass is 16.2. The number of nitrogens with zero attached hydrogens (tertiary/aromatic N) is 1. The van der Waals surface area contributed by atoms with Crippen LogP contribution in [-0.4, -0.2) is 34.9 Å². The third kappa shape index (κ3) is 2.55. The Hall–Kier alpha value is -2.40. The molecule has 1 amide bonds. The van der Waals surface area contributed by atoms with E-state index < -0.39 is 0 Å². The van der Waals surface area contributed by atoms with Gasteiger partial charge in [-0.05, 0) is 42.4 Å². The van der Waals surface area contributed by atoms with E-state index in [0.717, 1.165) is 30.6 Å². The van der Waals surface area contributed by atoms with Gasteiger partial charge in [0, 0.05) is 24.8 Å². The van der Waals surface area contributed by atoms with Crippen LogP contribution in [0.3, 0.4) is 0 Å². The standard InChI is InChI=1S/C19H21N3O2/c20-16-8-6-13-10-22(11-15(13)16)19(24)14-7-9-17(21-18(14)23)12-4-2-1-3-5-12/h1-5,7,9,13,15-16H,6,8,10-11,20H2,(H,21,23). The first-order chi connectivity index (χ1) is 11.6. The second-order valence-electron chi connectivity index (χ2n) is 6.86. The van der Waals surface area contributed by atoms with Gasteiger partial charge in [0.15, 0.2) is 0 Å². The molecule has 1 saturated carbocycles. The van der Waals surface area contributed by atoms with Crippen LogP contribution in [0.25, 0.3) is 11.3 Å². The summed E-state index contributed by atoms with van der Waals surface area (Å²) in [5, 5.41) is 0. The summed E-state index contributed by atoms with van der Waals surface area (Å²) in [6, 6.07) is 13.2. The lowest BCUT2D eigenvalue weighted by atomic mass is 9.98. The monoisotopic (exact) mass is 323 g/mol. The van der Waals surface area contributed by atoms with Crippen LogP contribution in [0.4, 0.5) is 0 Å². The van der Waals surface area contributed by atoms with Crippen LogP contribution >= 0.6 is 0 Å². The number of amides is 1. The number of nitrogens with two attached hydrogens (primary N) is 1. The number of likely N-dealkylation sites (tertiary alicyclic amines) is 1. The zero-order valence-corrected chi connectivity index (χ0v) is 13.4. The Bertz CT molecular complexity index is 815. The number of benzene rings is 1. The Kier molecular flexibility index (Phi) is 3.73. The molecule has 3 unspecified atom stereocenters. The Morgan fingerprint density at radius 1 is 1.08 bits per heavy atom. The van der Waals surface area contributed by atoms with Gasteiger partial charge in [-0.3, -0.25) is 9.59 Å². The van der Waals surface area contributed by atoms with Gasteiger partial charge in [-0.25, -0.2) is 0 Å². The number of carbonyl (C=O) groups is 1. The molecule has 2 aliphatic rings. The highest BCUT2D eigenvalue weighted by Crippen LogP contribution is 2.37. The van der Waals surface area contributed by atoms with Crippen molar-refractivity contribution in [3.63, 3.8) is 0 Å². The van der Waals surface area contributed by atoms with Crippen LogP contribution in [0.15, 0.2) is 47.3 Å². The van der Waals surface area contributed by atoms with Crippen molar-refractivity contribution in [2.75, 3.05) is 13.1 Å². The van der Waals surface area contributed by atoms with Gasteiger partial charge in [0.1, 0.15) is 5.56 Å². The molecule has 24 heavy (non-hydrogen) atoms.